The molecule has 0 unspecified atom stereocenters. The van der Waals surface area contributed by atoms with E-state index in [1.54, 1.807) is 24.7 Å². The lowest BCUT2D eigenvalue weighted by Crippen LogP contribution is -1.98. The number of fused-ring (bicyclic) bond motifs is 2. The van der Waals surface area contributed by atoms with Crippen molar-refractivity contribution in [1.29, 1.82) is 0 Å². The molecule has 0 aliphatic rings. The Morgan fingerprint density at radius 1 is 1.27 bits per heavy atom. The van der Waals surface area contributed by atoms with E-state index in [9.17, 15) is 9.90 Å². The van der Waals surface area contributed by atoms with Gasteiger partial charge in [0, 0.05) is 17.1 Å². The van der Waals surface area contributed by atoms with Gasteiger partial charge in [0.1, 0.15) is 5.52 Å². The highest BCUT2D eigenvalue weighted by atomic mass is 16.4. The summed E-state index contributed by atoms with van der Waals surface area (Å²) in [5, 5.41) is 16.7. The number of benzene rings is 1. The first-order valence-corrected chi connectivity index (χ1v) is 6.44. The van der Waals surface area contributed by atoms with Crippen molar-refractivity contribution in [2.45, 2.75) is 0 Å². The molecule has 0 saturated carbocycles. The van der Waals surface area contributed by atoms with Gasteiger partial charge in [-0.25, -0.2) is 14.8 Å². The highest BCUT2D eigenvalue weighted by Gasteiger charge is 2.15. The van der Waals surface area contributed by atoms with Gasteiger partial charge in [-0.3, -0.25) is 5.10 Å². The summed E-state index contributed by atoms with van der Waals surface area (Å²) < 4.78 is 0. The molecule has 0 bridgehead atoms. The summed E-state index contributed by atoms with van der Waals surface area (Å²) in [4.78, 5) is 22.7. The maximum absolute atomic E-state index is 11.5. The molecule has 108 valence electrons. The van der Waals surface area contributed by atoms with Crippen molar-refractivity contribution in [3.63, 3.8) is 0 Å². The number of nitrogens with two attached hydrogens (primary N) is 1. The number of carbonyl (C=O) groups is 1. The molecule has 4 rings (SSSR count). The molecule has 0 spiro atoms. The molecule has 0 radical (unpaired) electrons. The van der Waals surface area contributed by atoms with Gasteiger partial charge < -0.3 is 15.8 Å². The lowest BCUT2D eigenvalue weighted by Gasteiger charge is -2.03. The van der Waals surface area contributed by atoms with Crippen molar-refractivity contribution in [3.8, 4) is 11.1 Å². The molecule has 0 aliphatic carbocycles. The van der Waals surface area contributed by atoms with E-state index in [0.717, 1.165) is 16.6 Å². The minimum Gasteiger partial charge on any atom is -0.478 e. The fraction of sp³-hybridized carbons (Fsp3) is 0. The smallest absolute Gasteiger partial charge is 0.337 e. The van der Waals surface area contributed by atoms with E-state index < -0.39 is 5.97 Å². The molecule has 0 aliphatic heterocycles. The van der Waals surface area contributed by atoms with Crippen LogP contribution in [0.5, 0.6) is 0 Å². The SMILES string of the molecule is Nc1ncc2[nH]cc(-c3cc(C(=O)O)c4[nH]ncc4c3)c2n1. The summed E-state index contributed by atoms with van der Waals surface area (Å²) in [6, 6.07) is 3.44. The van der Waals surface area contributed by atoms with Crippen LogP contribution in [0.4, 0.5) is 5.95 Å². The Labute approximate surface area is 123 Å². The quantitative estimate of drug-likeness (QED) is 0.445. The van der Waals surface area contributed by atoms with Gasteiger partial charge in [0.25, 0.3) is 0 Å². The summed E-state index contributed by atoms with van der Waals surface area (Å²) in [6.07, 6.45) is 4.94. The second kappa shape index (κ2) is 4.29. The van der Waals surface area contributed by atoms with Crippen molar-refractivity contribution in [2.75, 3.05) is 5.73 Å². The van der Waals surface area contributed by atoms with Crippen molar-refractivity contribution in [1.82, 2.24) is 25.1 Å². The molecule has 0 amide bonds. The van der Waals surface area contributed by atoms with Crippen LogP contribution in [-0.4, -0.2) is 36.2 Å². The number of nitrogens with zero attached hydrogens (tertiary/aromatic N) is 3. The van der Waals surface area contributed by atoms with Gasteiger partial charge in [0.05, 0.1) is 29.0 Å². The number of carboxylic acids is 1. The number of aromatic nitrogens is 5. The first kappa shape index (κ1) is 12.3. The van der Waals surface area contributed by atoms with E-state index >= 15 is 0 Å². The molecule has 8 heteroatoms. The van der Waals surface area contributed by atoms with Crippen molar-refractivity contribution < 1.29 is 9.90 Å². The molecule has 0 fully saturated rings. The molecule has 0 atom stereocenters. The molecule has 8 nitrogen and oxygen atoms in total. The molecule has 22 heavy (non-hydrogen) atoms. The normalized spacial score (nSPS) is 11.3. The van der Waals surface area contributed by atoms with E-state index in [4.69, 9.17) is 5.73 Å². The van der Waals surface area contributed by atoms with Crippen LogP contribution in [0.3, 0.4) is 0 Å². The lowest BCUT2D eigenvalue weighted by molar-refractivity contribution is 0.0699. The lowest BCUT2D eigenvalue weighted by atomic mass is 10.0. The van der Waals surface area contributed by atoms with Crippen LogP contribution in [-0.2, 0) is 0 Å². The number of anilines is 1. The van der Waals surface area contributed by atoms with Gasteiger partial charge in [-0.2, -0.15) is 5.10 Å². The number of nitrogen functional groups attached to an aromatic ring is 1. The molecule has 3 aromatic heterocycles. The monoisotopic (exact) mass is 294 g/mol. The first-order valence-electron chi connectivity index (χ1n) is 6.44. The zero-order valence-corrected chi connectivity index (χ0v) is 11.2. The van der Waals surface area contributed by atoms with Gasteiger partial charge in [-0.05, 0) is 17.7 Å². The highest BCUT2D eigenvalue weighted by Crippen LogP contribution is 2.31. The maximum Gasteiger partial charge on any atom is 0.337 e. The van der Waals surface area contributed by atoms with Crippen LogP contribution in [0.1, 0.15) is 10.4 Å². The number of hydrogen-bond acceptors (Lipinski definition) is 5. The number of aromatic carboxylic acids is 1. The summed E-state index contributed by atoms with van der Waals surface area (Å²) in [6.45, 7) is 0. The van der Waals surface area contributed by atoms with Crippen molar-refractivity contribution in [3.05, 3.63) is 36.3 Å². The molecule has 1 aromatic carbocycles. The predicted molar refractivity (Wildman–Crippen MR) is 80.3 cm³/mol. The van der Waals surface area contributed by atoms with Crippen LogP contribution in [0, 0.1) is 0 Å². The molecule has 5 N–H and O–H groups in total. The molecule has 0 saturated heterocycles. The molecular weight excluding hydrogens is 284 g/mol. The largest absolute Gasteiger partial charge is 0.478 e. The topological polar surface area (TPSA) is 134 Å². The van der Waals surface area contributed by atoms with Crippen LogP contribution in [0.15, 0.2) is 30.7 Å². The van der Waals surface area contributed by atoms with E-state index in [1.807, 2.05) is 6.07 Å². The fourth-order valence-electron chi connectivity index (χ4n) is 2.53. The number of nitrogens with one attached hydrogen (secondary N) is 2. The molecule has 3 heterocycles. The second-order valence-electron chi connectivity index (χ2n) is 4.86. The maximum atomic E-state index is 11.5. The van der Waals surface area contributed by atoms with Gasteiger partial charge in [0.2, 0.25) is 5.95 Å². The number of carboxylic acid groups (broad SMARTS) is 1. The fourth-order valence-corrected chi connectivity index (χ4v) is 2.53. The Kier molecular flexibility index (Phi) is 2.40. The highest BCUT2D eigenvalue weighted by molar-refractivity contribution is 6.05. The summed E-state index contributed by atoms with van der Waals surface area (Å²) in [7, 11) is 0. The summed E-state index contributed by atoms with van der Waals surface area (Å²) >= 11 is 0. The van der Waals surface area contributed by atoms with E-state index in [-0.39, 0.29) is 11.5 Å². The zero-order chi connectivity index (χ0) is 15.3. The Balaban J connectivity index is 2.03. The zero-order valence-electron chi connectivity index (χ0n) is 11.2. The number of rotatable bonds is 2. The second-order valence-corrected chi connectivity index (χ2v) is 4.86. The number of hydrogen-bond donors (Lipinski definition) is 4. The summed E-state index contributed by atoms with van der Waals surface area (Å²) in [5.41, 5.74) is 9.13. The number of H-pyrrole nitrogens is 2. The Bertz CT molecular complexity index is 1030. The minimum atomic E-state index is -1.02. The van der Waals surface area contributed by atoms with Crippen LogP contribution >= 0.6 is 0 Å². The standard InChI is InChI=1S/C14H10N6O2/c15-14-17-5-10-12(19-14)9(4-16-10)6-1-7-3-18-20-11(7)8(2-6)13(21)22/h1-5,16H,(H,18,20)(H,21,22)(H2,15,17,19). The Hall–Kier alpha value is -3.42. The average Bonchev–Trinajstić information content (AvgIpc) is 3.11. The van der Waals surface area contributed by atoms with E-state index in [0.29, 0.717) is 16.4 Å². The average molecular weight is 294 g/mol. The third kappa shape index (κ3) is 1.71. The number of aromatic amines is 2. The Morgan fingerprint density at radius 3 is 2.95 bits per heavy atom. The predicted octanol–water partition coefficient (Wildman–Crippen LogP) is 1.78. The van der Waals surface area contributed by atoms with E-state index in [2.05, 4.69) is 25.1 Å². The van der Waals surface area contributed by atoms with Crippen LogP contribution < -0.4 is 5.73 Å². The van der Waals surface area contributed by atoms with Crippen LogP contribution in [0.2, 0.25) is 0 Å². The molecule has 4 aromatic rings. The van der Waals surface area contributed by atoms with E-state index in [1.165, 1.54) is 0 Å². The Morgan fingerprint density at radius 2 is 2.14 bits per heavy atom. The molecular formula is C14H10N6O2. The van der Waals surface area contributed by atoms with Crippen molar-refractivity contribution in [2.24, 2.45) is 0 Å². The van der Waals surface area contributed by atoms with Gasteiger partial charge in [0.15, 0.2) is 0 Å². The van der Waals surface area contributed by atoms with Crippen molar-refractivity contribution >= 4 is 33.9 Å². The van der Waals surface area contributed by atoms with Gasteiger partial charge in [-0.1, -0.05) is 0 Å². The first-order chi connectivity index (χ1) is 10.6. The van der Waals surface area contributed by atoms with Gasteiger partial charge in [-0.15, -0.1) is 0 Å². The third-order valence-corrected chi connectivity index (χ3v) is 3.52. The summed E-state index contributed by atoms with van der Waals surface area (Å²) in [5.74, 6) is -0.860. The third-order valence-electron chi connectivity index (χ3n) is 3.52. The van der Waals surface area contributed by atoms with Gasteiger partial charge >= 0.3 is 5.97 Å². The minimum absolute atomic E-state index is 0.154. The van der Waals surface area contributed by atoms with Crippen LogP contribution in [0.25, 0.3) is 33.1 Å².